The van der Waals surface area contributed by atoms with Gasteiger partial charge in [-0.15, -0.1) is 11.3 Å². The molecule has 144 valence electrons. The molecule has 28 heavy (non-hydrogen) atoms. The van der Waals surface area contributed by atoms with Crippen molar-refractivity contribution in [2.24, 2.45) is 11.8 Å². The van der Waals surface area contributed by atoms with Crippen LogP contribution in [0.1, 0.15) is 22.2 Å². The lowest BCUT2D eigenvalue weighted by molar-refractivity contribution is 0.0891. The predicted octanol–water partition coefficient (Wildman–Crippen LogP) is 3.80. The molecular weight excluding hydrogens is 366 g/mol. The normalized spacial score (nSPS) is 29.3. The first-order valence-corrected chi connectivity index (χ1v) is 11.1. The smallest absolute Gasteiger partial charge is 0.140 e. The van der Waals surface area contributed by atoms with E-state index >= 15 is 0 Å². The maximum atomic E-state index is 6.67. The summed E-state index contributed by atoms with van der Waals surface area (Å²) in [4.78, 5) is 7.35. The molecule has 2 saturated heterocycles. The molecule has 0 spiro atoms. The van der Waals surface area contributed by atoms with Crippen molar-refractivity contribution < 1.29 is 4.74 Å². The predicted molar refractivity (Wildman–Crippen MR) is 113 cm³/mol. The fraction of sp³-hybridized carbons (Fsp3) is 0.435. The zero-order valence-corrected chi connectivity index (χ0v) is 16.9. The van der Waals surface area contributed by atoms with Crippen molar-refractivity contribution in [1.82, 2.24) is 15.2 Å². The highest BCUT2D eigenvalue weighted by Crippen LogP contribution is 2.41. The summed E-state index contributed by atoms with van der Waals surface area (Å²) in [6.45, 7) is 6.80. The molecule has 1 aliphatic carbocycles. The van der Waals surface area contributed by atoms with E-state index in [0.717, 1.165) is 34.5 Å². The third kappa shape index (κ3) is 2.76. The third-order valence-corrected chi connectivity index (χ3v) is 7.71. The molecule has 1 N–H and O–H groups in total. The molecule has 0 unspecified atom stereocenters. The molecule has 0 radical (unpaired) electrons. The number of aryl methyl sites for hydroxylation is 1. The number of nitrogens with one attached hydrogen (secondary N) is 1. The van der Waals surface area contributed by atoms with Crippen LogP contribution in [0.4, 0.5) is 0 Å². The van der Waals surface area contributed by atoms with Crippen LogP contribution in [0.25, 0.3) is 10.2 Å². The first kappa shape index (κ1) is 17.0. The van der Waals surface area contributed by atoms with Crippen LogP contribution in [0.3, 0.4) is 0 Å². The van der Waals surface area contributed by atoms with Crippen LogP contribution in [0, 0.1) is 18.8 Å². The van der Waals surface area contributed by atoms with Gasteiger partial charge < -0.3 is 10.1 Å². The Morgan fingerprint density at radius 3 is 2.79 bits per heavy atom. The van der Waals surface area contributed by atoms with Crippen molar-refractivity contribution >= 4 is 21.6 Å². The molecule has 1 aromatic heterocycles. The minimum absolute atomic E-state index is 0.0974. The molecule has 5 heteroatoms. The molecule has 6 rings (SSSR count). The van der Waals surface area contributed by atoms with Gasteiger partial charge in [0.15, 0.2) is 0 Å². The average molecular weight is 392 g/mol. The Labute approximate surface area is 169 Å². The van der Waals surface area contributed by atoms with Crippen LogP contribution in [0.15, 0.2) is 42.5 Å². The number of aromatic nitrogens is 1. The lowest BCUT2D eigenvalue weighted by Crippen LogP contribution is -2.40. The lowest BCUT2D eigenvalue weighted by Gasteiger charge is -2.31. The number of benzene rings is 2. The Balaban J connectivity index is 1.32. The van der Waals surface area contributed by atoms with Gasteiger partial charge in [-0.3, -0.25) is 4.90 Å². The van der Waals surface area contributed by atoms with E-state index in [-0.39, 0.29) is 6.10 Å². The number of likely N-dealkylation sites (tertiary alicyclic amines) is 1. The molecule has 3 aliphatic rings. The van der Waals surface area contributed by atoms with E-state index in [4.69, 9.17) is 4.74 Å². The highest BCUT2D eigenvalue weighted by Gasteiger charge is 2.44. The summed E-state index contributed by atoms with van der Waals surface area (Å²) in [5.41, 5.74) is 3.85. The number of ether oxygens (including phenoxy) is 1. The van der Waals surface area contributed by atoms with Gasteiger partial charge in [0.05, 0.1) is 21.3 Å². The first-order valence-electron chi connectivity index (χ1n) is 10.3. The third-order valence-electron chi connectivity index (χ3n) is 6.76. The van der Waals surface area contributed by atoms with Gasteiger partial charge in [-0.25, -0.2) is 4.98 Å². The second kappa shape index (κ2) is 6.55. The molecule has 4 atom stereocenters. The molecule has 4 nitrogen and oxygen atoms in total. The fourth-order valence-electron chi connectivity index (χ4n) is 5.40. The van der Waals surface area contributed by atoms with Crippen LogP contribution in [0.5, 0.6) is 5.75 Å². The summed E-state index contributed by atoms with van der Waals surface area (Å²) in [7, 11) is 0. The minimum atomic E-state index is 0.0974. The van der Waals surface area contributed by atoms with Crippen LogP contribution in [0.2, 0.25) is 0 Å². The summed E-state index contributed by atoms with van der Waals surface area (Å²) in [6, 6.07) is 15.6. The summed E-state index contributed by atoms with van der Waals surface area (Å²) in [5.74, 6) is 2.54. The van der Waals surface area contributed by atoms with Crippen LogP contribution >= 0.6 is 11.3 Å². The van der Waals surface area contributed by atoms with Crippen molar-refractivity contribution in [3.8, 4) is 5.75 Å². The number of rotatable bonds is 3. The van der Waals surface area contributed by atoms with E-state index in [1.807, 2.05) is 0 Å². The van der Waals surface area contributed by atoms with E-state index in [0.29, 0.717) is 6.04 Å². The van der Waals surface area contributed by atoms with Gasteiger partial charge in [0, 0.05) is 19.2 Å². The maximum absolute atomic E-state index is 6.67. The summed E-state index contributed by atoms with van der Waals surface area (Å²) in [5, 5.41) is 4.66. The first-order chi connectivity index (χ1) is 13.7. The number of hydrogen-bond donors (Lipinski definition) is 1. The summed E-state index contributed by atoms with van der Waals surface area (Å²) < 4.78 is 7.90. The standard InChI is InChI=1S/C23H25N3OS/c1-14-25-20-9-18(6-7-22(20)28-14)27-23-19-5-3-2-4-15(19)8-21(23)26-12-16-10-24-11-17(16)13-26/h2-7,9,16-17,21,23-24H,8,10-13H2,1H3/t16-,17+,21-,23-/m1/s1. The van der Waals surface area contributed by atoms with Crippen molar-refractivity contribution in [3.05, 3.63) is 58.6 Å². The largest absolute Gasteiger partial charge is 0.484 e. The zero-order chi connectivity index (χ0) is 18.7. The van der Waals surface area contributed by atoms with Gasteiger partial charge in [-0.05, 0) is 61.5 Å². The summed E-state index contributed by atoms with van der Waals surface area (Å²) in [6.07, 6.45) is 1.19. The molecule has 0 amide bonds. The van der Waals surface area contributed by atoms with Crippen molar-refractivity contribution in [3.63, 3.8) is 0 Å². The highest BCUT2D eigenvalue weighted by atomic mass is 32.1. The van der Waals surface area contributed by atoms with Crippen LogP contribution in [-0.2, 0) is 6.42 Å². The Bertz CT molecular complexity index is 1020. The van der Waals surface area contributed by atoms with Gasteiger partial charge in [-0.1, -0.05) is 24.3 Å². The monoisotopic (exact) mass is 391 g/mol. The van der Waals surface area contributed by atoms with Gasteiger partial charge in [0.25, 0.3) is 0 Å². The molecule has 0 saturated carbocycles. The molecule has 3 aromatic rings. The maximum Gasteiger partial charge on any atom is 0.140 e. The summed E-state index contributed by atoms with van der Waals surface area (Å²) >= 11 is 1.74. The molecule has 0 bridgehead atoms. The lowest BCUT2D eigenvalue weighted by atomic mass is 10.0. The highest BCUT2D eigenvalue weighted by molar-refractivity contribution is 7.18. The molecule has 2 fully saturated rings. The van der Waals surface area contributed by atoms with Crippen LogP contribution in [-0.4, -0.2) is 42.1 Å². The van der Waals surface area contributed by atoms with Gasteiger partial charge in [-0.2, -0.15) is 0 Å². The van der Waals surface area contributed by atoms with Gasteiger partial charge >= 0.3 is 0 Å². The van der Waals surface area contributed by atoms with Crippen molar-refractivity contribution in [2.75, 3.05) is 26.2 Å². The van der Waals surface area contributed by atoms with Gasteiger partial charge in [0.1, 0.15) is 11.9 Å². The number of hydrogen-bond acceptors (Lipinski definition) is 5. The topological polar surface area (TPSA) is 37.4 Å². The number of nitrogens with zero attached hydrogens (tertiary/aromatic N) is 2. The van der Waals surface area contributed by atoms with Crippen molar-refractivity contribution in [1.29, 1.82) is 0 Å². The number of thiazole rings is 1. The number of fused-ring (bicyclic) bond motifs is 3. The fourth-order valence-corrected chi connectivity index (χ4v) is 6.21. The zero-order valence-electron chi connectivity index (χ0n) is 16.1. The van der Waals surface area contributed by atoms with E-state index < -0.39 is 0 Å². The van der Waals surface area contributed by atoms with Crippen molar-refractivity contribution in [2.45, 2.75) is 25.5 Å². The van der Waals surface area contributed by atoms with E-state index in [9.17, 15) is 0 Å². The van der Waals surface area contributed by atoms with Gasteiger partial charge in [0.2, 0.25) is 0 Å². The Hall–Kier alpha value is -1.95. The minimum Gasteiger partial charge on any atom is -0.484 e. The SMILES string of the molecule is Cc1nc2cc(O[C@@H]3c4ccccc4C[C@H]3N3C[C@H]4CNC[C@H]4C3)ccc2s1. The molecular formula is C23H25N3OS. The molecule has 3 heterocycles. The molecule has 2 aliphatic heterocycles. The Morgan fingerprint density at radius 2 is 1.93 bits per heavy atom. The Morgan fingerprint density at radius 1 is 1.11 bits per heavy atom. The second-order valence-corrected chi connectivity index (χ2v) is 9.74. The van der Waals surface area contributed by atoms with E-state index in [1.54, 1.807) is 11.3 Å². The van der Waals surface area contributed by atoms with E-state index in [2.05, 4.69) is 64.6 Å². The quantitative estimate of drug-likeness (QED) is 0.737. The van der Waals surface area contributed by atoms with E-state index in [1.165, 1.54) is 42.0 Å². The molecule has 2 aromatic carbocycles. The average Bonchev–Trinajstić information content (AvgIpc) is 3.42. The van der Waals surface area contributed by atoms with Crippen LogP contribution < -0.4 is 10.1 Å². The second-order valence-electron chi connectivity index (χ2n) is 8.50. The Kier molecular flexibility index (Phi) is 3.96.